The Morgan fingerprint density at radius 1 is 1.26 bits per heavy atom. The van der Waals surface area contributed by atoms with Crippen LogP contribution < -0.4 is 5.32 Å². The minimum Gasteiger partial charge on any atom is -0.341 e. The lowest BCUT2D eigenvalue weighted by atomic mass is 10.1. The van der Waals surface area contributed by atoms with Crippen LogP contribution in [0, 0.1) is 0 Å². The number of H-pyrrole nitrogens is 1. The molecule has 4 rings (SSSR count). The van der Waals surface area contributed by atoms with E-state index in [1.165, 1.54) is 28.5 Å². The summed E-state index contributed by atoms with van der Waals surface area (Å²) in [6, 6.07) is 8.92. The van der Waals surface area contributed by atoms with Gasteiger partial charge in [-0.25, -0.2) is 4.98 Å². The first-order chi connectivity index (χ1) is 9.42. The normalized spacial score (nSPS) is 19.3. The van der Waals surface area contributed by atoms with E-state index in [1.54, 1.807) is 11.3 Å². The number of thiophene rings is 1. The lowest BCUT2D eigenvalue weighted by Crippen LogP contribution is -2.14. The minimum absolute atomic E-state index is 0.402. The Labute approximate surface area is 115 Å². The second-order valence-electron chi connectivity index (χ2n) is 4.98. The van der Waals surface area contributed by atoms with E-state index in [2.05, 4.69) is 44.9 Å². The fraction of sp³-hybridized carbons (Fsp3) is 0.267. The summed E-state index contributed by atoms with van der Waals surface area (Å²) in [6.07, 6.45) is 4.38. The Bertz CT molecular complexity index is 707. The van der Waals surface area contributed by atoms with Crippen molar-refractivity contribution in [3.05, 3.63) is 41.7 Å². The quantitative estimate of drug-likeness (QED) is 0.744. The maximum atomic E-state index is 4.55. The van der Waals surface area contributed by atoms with Gasteiger partial charge >= 0.3 is 0 Å². The molecule has 3 aromatic rings. The molecule has 3 nitrogen and oxygen atoms in total. The summed E-state index contributed by atoms with van der Waals surface area (Å²) in [4.78, 5) is 8.03. The van der Waals surface area contributed by atoms with Gasteiger partial charge < -0.3 is 10.3 Å². The summed E-state index contributed by atoms with van der Waals surface area (Å²) >= 11 is 1.79. The molecule has 1 aliphatic heterocycles. The molecule has 19 heavy (non-hydrogen) atoms. The zero-order chi connectivity index (χ0) is 12.7. The average molecular weight is 269 g/mol. The molecule has 4 heteroatoms. The number of benzene rings is 1. The van der Waals surface area contributed by atoms with Gasteiger partial charge in [0.25, 0.3) is 0 Å². The molecule has 1 atom stereocenters. The van der Waals surface area contributed by atoms with Crippen LogP contribution in [0.5, 0.6) is 0 Å². The van der Waals surface area contributed by atoms with Crippen LogP contribution in [0.4, 0.5) is 0 Å². The van der Waals surface area contributed by atoms with Gasteiger partial charge in [0.2, 0.25) is 0 Å². The van der Waals surface area contributed by atoms with Crippen LogP contribution in [0.1, 0.15) is 24.7 Å². The van der Waals surface area contributed by atoms with Crippen molar-refractivity contribution in [2.75, 3.05) is 6.54 Å². The number of rotatable bonds is 2. The van der Waals surface area contributed by atoms with Gasteiger partial charge in [0, 0.05) is 21.0 Å². The molecule has 0 radical (unpaired) electrons. The van der Waals surface area contributed by atoms with Crippen molar-refractivity contribution < 1.29 is 0 Å². The van der Waals surface area contributed by atoms with Crippen LogP contribution in [0.2, 0.25) is 0 Å². The van der Waals surface area contributed by atoms with Crippen molar-refractivity contribution in [1.29, 1.82) is 0 Å². The molecule has 1 aliphatic rings. The Balaban J connectivity index is 1.76. The third kappa shape index (κ3) is 1.88. The van der Waals surface area contributed by atoms with Crippen LogP contribution in [-0.4, -0.2) is 16.5 Å². The van der Waals surface area contributed by atoms with Crippen LogP contribution >= 0.6 is 11.3 Å². The largest absolute Gasteiger partial charge is 0.341 e. The van der Waals surface area contributed by atoms with E-state index in [1.807, 2.05) is 6.20 Å². The van der Waals surface area contributed by atoms with Crippen molar-refractivity contribution in [3.8, 4) is 11.3 Å². The molecular weight excluding hydrogens is 254 g/mol. The molecule has 0 aliphatic carbocycles. The molecule has 0 saturated carbocycles. The number of fused-ring (bicyclic) bond motifs is 1. The second-order valence-corrected chi connectivity index (χ2v) is 5.89. The highest BCUT2D eigenvalue weighted by Gasteiger charge is 2.19. The average Bonchev–Trinajstić information content (AvgIpc) is 3.18. The number of hydrogen-bond acceptors (Lipinski definition) is 3. The van der Waals surface area contributed by atoms with Crippen molar-refractivity contribution in [1.82, 2.24) is 15.3 Å². The molecule has 1 aromatic carbocycles. The van der Waals surface area contributed by atoms with Gasteiger partial charge in [-0.05, 0) is 25.5 Å². The first-order valence-corrected chi connectivity index (χ1v) is 7.55. The third-order valence-electron chi connectivity index (χ3n) is 3.76. The topological polar surface area (TPSA) is 40.7 Å². The van der Waals surface area contributed by atoms with Gasteiger partial charge in [0.15, 0.2) is 0 Å². The molecule has 2 aromatic heterocycles. The van der Waals surface area contributed by atoms with E-state index >= 15 is 0 Å². The lowest BCUT2D eigenvalue weighted by Gasteiger charge is -2.05. The molecule has 1 saturated heterocycles. The number of nitrogens with one attached hydrogen (secondary N) is 2. The molecular formula is C15H15N3S. The van der Waals surface area contributed by atoms with E-state index in [0.29, 0.717) is 6.04 Å². The Morgan fingerprint density at radius 3 is 3.11 bits per heavy atom. The highest BCUT2D eigenvalue weighted by atomic mass is 32.1. The standard InChI is InChI=1S/C15H15N3S/c1-2-6-14-10(4-1)11(9-19-14)13-8-17-15(18-13)12-5-3-7-16-12/h1-2,4,6,8-9,12,16H,3,5,7H2,(H,17,18). The van der Waals surface area contributed by atoms with Crippen LogP contribution in [-0.2, 0) is 0 Å². The summed E-state index contributed by atoms with van der Waals surface area (Å²) in [7, 11) is 0. The molecule has 0 amide bonds. The zero-order valence-corrected chi connectivity index (χ0v) is 11.3. The molecule has 0 spiro atoms. The first kappa shape index (κ1) is 11.2. The van der Waals surface area contributed by atoms with Gasteiger partial charge in [0.05, 0.1) is 17.9 Å². The summed E-state index contributed by atoms with van der Waals surface area (Å²) in [5.74, 6) is 1.07. The number of aromatic amines is 1. The number of aromatic nitrogens is 2. The summed E-state index contributed by atoms with van der Waals surface area (Å²) in [5, 5.41) is 7.00. The zero-order valence-electron chi connectivity index (χ0n) is 10.5. The Morgan fingerprint density at radius 2 is 2.21 bits per heavy atom. The van der Waals surface area contributed by atoms with Crippen molar-refractivity contribution in [2.24, 2.45) is 0 Å². The molecule has 2 N–H and O–H groups in total. The first-order valence-electron chi connectivity index (χ1n) is 6.67. The molecule has 96 valence electrons. The van der Waals surface area contributed by atoms with Crippen LogP contribution in [0.15, 0.2) is 35.8 Å². The van der Waals surface area contributed by atoms with E-state index in [9.17, 15) is 0 Å². The van der Waals surface area contributed by atoms with Gasteiger partial charge in [-0.15, -0.1) is 11.3 Å². The molecule has 0 bridgehead atoms. The molecule has 3 heterocycles. The highest BCUT2D eigenvalue weighted by Crippen LogP contribution is 2.33. The van der Waals surface area contributed by atoms with Crippen LogP contribution in [0.25, 0.3) is 21.3 Å². The predicted molar refractivity (Wildman–Crippen MR) is 79.4 cm³/mol. The SMILES string of the molecule is c1ccc2c(-c3cnc(C4CCCN4)[nH]3)csc2c1. The van der Waals surface area contributed by atoms with E-state index in [0.717, 1.165) is 18.1 Å². The summed E-state index contributed by atoms with van der Waals surface area (Å²) in [6.45, 7) is 1.10. The molecule has 1 fully saturated rings. The van der Waals surface area contributed by atoms with Gasteiger partial charge in [-0.3, -0.25) is 0 Å². The maximum Gasteiger partial charge on any atom is 0.123 e. The monoisotopic (exact) mass is 269 g/mol. The maximum absolute atomic E-state index is 4.55. The summed E-state index contributed by atoms with van der Waals surface area (Å²) < 4.78 is 1.33. The van der Waals surface area contributed by atoms with Gasteiger partial charge in [0.1, 0.15) is 5.82 Å². The lowest BCUT2D eigenvalue weighted by molar-refractivity contribution is 0.613. The molecule has 1 unspecified atom stereocenters. The predicted octanol–water partition coefficient (Wildman–Crippen LogP) is 3.72. The van der Waals surface area contributed by atoms with Gasteiger partial charge in [-0.2, -0.15) is 0 Å². The highest BCUT2D eigenvalue weighted by molar-refractivity contribution is 7.17. The number of nitrogens with zero attached hydrogens (tertiary/aromatic N) is 1. The van der Waals surface area contributed by atoms with E-state index < -0.39 is 0 Å². The number of imidazole rings is 1. The second kappa shape index (κ2) is 4.47. The van der Waals surface area contributed by atoms with Crippen molar-refractivity contribution in [3.63, 3.8) is 0 Å². The smallest absolute Gasteiger partial charge is 0.123 e. The fourth-order valence-corrected chi connectivity index (χ4v) is 3.72. The van der Waals surface area contributed by atoms with Gasteiger partial charge in [-0.1, -0.05) is 18.2 Å². The van der Waals surface area contributed by atoms with Crippen molar-refractivity contribution >= 4 is 21.4 Å². The van der Waals surface area contributed by atoms with Crippen LogP contribution in [0.3, 0.4) is 0 Å². The Hall–Kier alpha value is -1.65. The summed E-state index contributed by atoms with van der Waals surface area (Å²) in [5.41, 5.74) is 2.39. The third-order valence-corrected chi connectivity index (χ3v) is 4.72. The minimum atomic E-state index is 0.402. The van der Waals surface area contributed by atoms with E-state index in [-0.39, 0.29) is 0 Å². The fourth-order valence-electron chi connectivity index (χ4n) is 2.75. The van der Waals surface area contributed by atoms with Crippen molar-refractivity contribution in [2.45, 2.75) is 18.9 Å². The number of hydrogen-bond donors (Lipinski definition) is 2. The van der Waals surface area contributed by atoms with E-state index in [4.69, 9.17) is 0 Å². The Kier molecular flexibility index (Phi) is 2.64.